The Bertz CT molecular complexity index is 349. The summed E-state index contributed by atoms with van der Waals surface area (Å²) in [6.45, 7) is 11.3. The first-order valence-electron chi connectivity index (χ1n) is 6.22. The Morgan fingerprint density at radius 3 is 1.94 bits per heavy atom. The quantitative estimate of drug-likeness (QED) is 0.806. The third-order valence-electron chi connectivity index (χ3n) is 4.75. The molecule has 1 saturated carbocycles. The van der Waals surface area contributed by atoms with Crippen molar-refractivity contribution < 1.29 is 14.7 Å². The lowest BCUT2D eigenvalue weighted by Gasteiger charge is -2.39. The molecule has 98 valence electrons. The van der Waals surface area contributed by atoms with E-state index >= 15 is 0 Å². The first-order valence-corrected chi connectivity index (χ1v) is 6.22. The van der Waals surface area contributed by atoms with Crippen molar-refractivity contribution in [2.24, 2.45) is 22.2 Å². The fourth-order valence-electron chi connectivity index (χ4n) is 2.86. The highest BCUT2D eigenvalue weighted by molar-refractivity contribution is 5.89. The number of carboxylic acid groups (broad SMARTS) is 1. The van der Waals surface area contributed by atoms with Crippen LogP contribution in [0.5, 0.6) is 0 Å². The molecule has 0 aromatic rings. The average Bonchev–Trinajstić information content (AvgIpc) is 2.37. The van der Waals surface area contributed by atoms with Gasteiger partial charge in [-0.2, -0.15) is 0 Å². The van der Waals surface area contributed by atoms with Crippen molar-refractivity contribution >= 4 is 11.8 Å². The van der Waals surface area contributed by atoms with Gasteiger partial charge < -0.3 is 5.11 Å². The van der Waals surface area contributed by atoms with Gasteiger partial charge in [0.15, 0.2) is 0 Å². The molecule has 0 radical (unpaired) electrons. The average molecular weight is 240 g/mol. The standard InChI is InChI=1S/C14H24O3/c1-12(2,3)10(15)9-7-8-14(6,11(16)17)13(9,4)5/h9H,7-8H2,1-6H3,(H,16,17). The topological polar surface area (TPSA) is 54.4 Å². The van der Waals surface area contributed by atoms with Crippen molar-refractivity contribution in [3.05, 3.63) is 0 Å². The molecule has 3 nitrogen and oxygen atoms in total. The van der Waals surface area contributed by atoms with Crippen LogP contribution < -0.4 is 0 Å². The Morgan fingerprint density at radius 2 is 1.65 bits per heavy atom. The van der Waals surface area contributed by atoms with E-state index in [1.165, 1.54) is 0 Å². The molecule has 0 amide bonds. The van der Waals surface area contributed by atoms with Gasteiger partial charge in [-0.1, -0.05) is 34.6 Å². The van der Waals surface area contributed by atoms with E-state index in [4.69, 9.17) is 0 Å². The zero-order valence-corrected chi connectivity index (χ0v) is 11.8. The highest BCUT2D eigenvalue weighted by Crippen LogP contribution is 2.57. The molecule has 1 aliphatic carbocycles. The lowest BCUT2D eigenvalue weighted by Crippen LogP contribution is -2.44. The molecular formula is C14H24O3. The van der Waals surface area contributed by atoms with Gasteiger partial charge in [-0.15, -0.1) is 0 Å². The van der Waals surface area contributed by atoms with Gasteiger partial charge in [-0.25, -0.2) is 0 Å². The van der Waals surface area contributed by atoms with Crippen LogP contribution in [0.1, 0.15) is 54.4 Å². The summed E-state index contributed by atoms with van der Waals surface area (Å²) in [6, 6.07) is 0. The van der Waals surface area contributed by atoms with Crippen molar-refractivity contribution in [1.82, 2.24) is 0 Å². The van der Waals surface area contributed by atoms with Crippen LogP contribution in [0.2, 0.25) is 0 Å². The van der Waals surface area contributed by atoms with E-state index in [9.17, 15) is 14.7 Å². The second-order valence-corrected chi connectivity index (χ2v) is 7.06. The maximum atomic E-state index is 12.4. The van der Waals surface area contributed by atoms with Crippen LogP contribution in [-0.2, 0) is 9.59 Å². The van der Waals surface area contributed by atoms with Gasteiger partial charge in [0.25, 0.3) is 0 Å². The van der Waals surface area contributed by atoms with Crippen molar-refractivity contribution in [2.75, 3.05) is 0 Å². The van der Waals surface area contributed by atoms with Crippen LogP contribution in [0.4, 0.5) is 0 Å². The van der Waals surface area contributed by atoms with Crippen molar-refractivity contribution in [2.45, 2.75) is 54.4 Å². The molecule has 0 aliphatic heterocycles. The molecule has 1 aliphatic rings. The van der Waals surface area contributed by atoms with Gasteiger partial charge in [0.2, 0.25) is 0 Å². The maximum Gasteiger partial charge on any atom is 0.309 e. The highest BCUT2D eigenvalue weighted by Gasteiger charge is 2.59. The van der Waals surface area contributed by atoms with Crippen molar-refractivity contribution in [3.63, 3.8) is 0 Å². The Kier molecular flexibility index (Phi) is 3.19. The fraction of sp³-hybridized carbons (Fsp3) is 0.857. The summed E-state index contributed by atoms with van der Waals surface area (Å²) in [5.41, 5.74) is -1.67. The Labute approximate surface area is 104 Å². The van der Waals surface area contributed by atoms with E-state index in [1.54, 1.807) is 6.92 Å². The number of ketones is 1. The molecule has 1 rings (SSSR count). The van der Waals surface area contributed by atoms with Crippen LogP contribution in [-0.4, -0.2) is 16.9 Å². The minimum atomic E-state index is -0.793. The first kappa shape index (κ1) is 14.2. The number of Topliss-reactive ketones (excluding diaryl/α,β-unsaturated/α-hetero) is 1. The minimum Gasteiger partial charge on any atom is -0.481 e. The SMILES string of the molecule is CC(C)(C)C(=O)C1CCC(C)(C(=O)O)C1(C)C. The van der Waals surface area contributed by atoms with E-state index in [1.807, 2.05) is 34.6 Å². The first-order chi connectivity index (χ1) is 7.44. The van der Waals surface area contributed by atoms with Gasteiger partial charge in [-0.3, -0.25) is 9.59 Å². The zero-order chi connectivity index (χ0) is 13.6. The molecule has 0 saturated heterocycles. The number of carbonyl (C=O) groups excluding carboxylic acids is 1. The lowest BCUT2D eigenvalue weighted by molar-refractivity contribution is -0.155. The Morgan fingerprint density at radius 1 is 1.18 bits per heavy atom. The van der Waals surface area contributed by atoms with E-state index < -0.39 is 22.2 Å². The van der Waals surface area contributed by atoms with Crippen LogP contribution in [0.3, 0.4) is 0 Å². The summed E-state index contributed by atoms with van der Waals surface area (Å²) in [7, 11) is 0. The van der Waals surface area contributed by atoms with E-state index in [0.29, 0.717) is 12.8 Å². The second kappa shape index (κ2) is 3.82. The van der Waals surface area contributed by atoms with E-state index in [-0.39, 0.29) is 11.7 Å². The summed E-state index contributed by atoms with van der Waals surface area (Å²) < 4.78 is 0. The van der Waals surface area contributed by atoms with Gasteiger partial charge in [0.05, 0.1) is 5.41 Å². The minimum absolute atomic E-state index is 0.149. The summed E-state index contributed by atoms with van der Waals surface area (Å²) in [6.07, 6.45) is 1.27. The summed E-state index contributed by atoms with van der Waals surface area (Å²) in [5, 5.41) is 9.40. The molecule has 1 fully saturated rings. The Hall–Kier alpha value is -0.860. The zero-order valence-electron chi connectivity index (χ0n) is 11.8. The molecule has 1 N–H and O–H groups in total. The monoisotopic (exact) mass is 240 g/mol. The van der Waals surface area contributed by atoms with Crippen LogP contribution >= 0.6 is 0 Å². The summed E-state index contributed by atoms with van der Waals surface area (Å²) >= 11 is 0. The largest absolute Gasteiger partial charge is 0.481 e. The molecule has 0 aromatic carbocycles. The molecule has 0 spiro atoms. The second-order valence-electron chi connectivity index (χ2n) is 7.06. The third kappa shape index (κ3) is 2.00. The van der Waals surface area contributed by atoms with Crippen molar-refractivity contribution in [3.8, 4) is 0 Å². The number of hydrogen-bond donors (Lipinski definition) is 1. The Balaban J connectivity index is 3.11. The third-order valence-corrected chi connectivity index (χ3v) is 4.75. The van der Waals surface area contributed by atoms with Gasteiger partial charge in [0, 0.05) is 11.3 Å². The predicted octanol–water partition coefficient (Wildman–Crippen LogP) is 3.13. The van der Waals surface area contributed by atoms with E-state index in [2.05, 4.69) is 0 Å². The number of carbonyl (C=O) groups is 2. The fourth-order valence-corrected chi connectivity index (χ4v) is 2.86. The molecule has 2 atom stereocenters. The number of aliphatic carboxylic acids is 1. The van der Waals surface area contributed by atoms with Crippen LogP contribution in [0, 0.1) is 22.2 Å². The van der Waals surface area contributed by atoms with E-state index in [0.717, 1.165) is 0 Å². The van der Waals surface area contributed by atoms with Crippen LogP contribution in [0.15, 0.2) is 0 Å². The highest BCUT2D eigenvalue weighted by atomic mass is 16.4. The normalized spacial score (nSPS) is 32.5. The predicted molar refractivity (Wildman–Crippen MR) is 66.7 cm³/mol. The molecule has 17 heavy (non-hydrogen) atoms. The molecule has 2 unspecified atom stereocenters. The van der Waals surface area contributed by atoms with Crippen LogP contribution in [0.25, 0.3) is 0 Å². The molecule has 0 aromatic heterocycles. The molecule has 3 heteroatoms. The number of hydrogen-bond acceptors (Lipinski definition) is 2. The smallest absolute Gasteiger partial charge is 0.309 e. The van der Waals surface area contributed by atoms with Gasteiger partial charge >= 0.3 is 5.97 Å². The summed E-state index contributed by atoms with van der Waals surface area (Å²) in [4.78, 5) is 23.8. The molecular weight excluding hydrogens is 216 g/mol. The molecule has 0 bridgehead atoms. The number of carboxylic acids is 1. The summed E-state index contributed by atoms with van der Waals surface area (Å²) in [5.74, 6) is -0.747. The van der Waals surface area contributed by atoms with Gasteiger partial charge in [-0.05, 0) is 25.2 Å². The number of rotatable bonds is 2. The van der Waals surface area contributed by atoms with Crippen molar-refractivity contribution in [1.29, 1.82) is 0 Å². The lowest BCUT2D eigenvalue weighted by atomic mass is 9.62. The molecule has 0 heterocycles. The van der Waals surface area contributed by atoms with Gasteiger partial charge in [0.1, 0.15) is 5.78 Å². The maximum absolute atomic E-state index is 12.4.